The number of carbonyl (C=O) groups is 1. The predicted molar refractivity (Wildman–Crippen MR) is 105 cm³/mol. The number of hydrogen-bond acceptors (Lipinski definition) is 6. The molecule has 1 saturated heterocycles. The molecule has 2 aromatic rings. The van der Waals surface area contributed by atoms with Gasteiger partial charge in [-0.3, -0.25) is 25.0 Å². The lowest BCUT2D eigenvalue weighted by molar-refractivity contribution is -0.394. The molecule has 9 heteroatoms. The number of likely N-dealkylation sites (tertiary alicyclic amines) is 1. The molecule has 29 heavy (non-hydrogen) atoms. The topological polar surface area (TPSA) is 116 Å². The van der Waals surface area contributed by atoms with E-state index in [9.17, 15) is 25.0 Å². The van der Waals surface area contributed by atoms with Crippen molar-refractivity contribution in [2.45, 2.75) is 38.6 Å². The molecule has 0 aromatic heterocycles. The second kappa shape index (κ2) is 8.68. The first-order chi connectivity index (χ1) is 13.9. The molecular formula is C20H21N3O6. The van der Waals surface area contributed by atoms with Gasteiger partial charge in [-0.2, -0.15) is 0 Å². The van der Waals surface area contributed by atoms with Crippen molar-refractivity contribution in [2.24, 2.45) is 0 Å². The van der Waals surface area contributed by atoms with Crippen LogP contribution in [-0.2, 0) is 0 Å². The van der Waals surface area contributed by atoms with Gasteiger partial charge in [-0.25, -0.2) is 0 Å². The maximum atomic E-state index is 12.8. The van der Waals surface area contributed by atoms with Crippen LogP contribution in [0.4, 0.5) is 11.4 Å². The molecule has 0 unspecified atom stereocenters. The van der Waals surface area contributed by atoms with Gasteiger partial charge in [0.1, 0.15) is 11.5 Å². The number of rotatable bonds is 6. The van der Waals surface area contributed by atoms with Crippen LogP contribution in [0.5, 0.6) is 11.5 Å². The van der Waals surface area contributed by atoms with Crippen LogP contribution in [0.25, 0.3) is 0 Å². The van der Waals surface area contributed by atoms with Crippen LogP contribution in [-0.4, -0.2) is 33.2 Å². The van der Waals surface area contributed by atoms with Gasteiger partial charge in [-0.15, -0.1) is 0 Å². The third-order valence-corrected chi connectivity index (χ3v) is 4.99. The fourth-order valence-electron chi connectivity index (χ4n) is 3.50. The van der Waals surface area contributed by atoms with Gasteiger partial charge in [0.2, 0.25) is 0 Å². The molecule has 0 bridgehead atoms. The predicted octanol–water partition coefficient (Wildman–Crippen LogP) is 4.70. The molecule has 1 atom stereocenters. The molecule has 1 amide bonds. The second-order valence-corrected chi connectivity index (χ2v) is 6.88. The highest BCUT2D eigenvalue weighted by Crippen LogP contribution is 2.31. The van der Waals surface area contributed by atoms with Crippen molar-refractivity contribution in [1.82, 2.24) is 4.90 Å². The number of non-ortho nitro benzene ring substituents is 2. The van der Waals surface area contributed by atoms with Gasteiger partial charge in [0.05, 0.1) is 28.0 Å². The second-order valence-electron chi connectivity index (χ2n) is 6.88. The van der Waals surface area contributed by atoms with Crippen molar-refractivity contribution in [3.8, 4) is 11.5 Å². The molecule has 1 heterocycles. The number of nitro groups is 2. The Kier molecular flexibility index (Phi) is 6.06. The van der Waals surface area contributed by atoms with E-state index in [-0.39, 0.29) is 17.7 Å². The molecule has 0 radical (unpaired) electrons. The van der Waals surface area contributed by atoms with Gasteiger partial charge in [0.25, 0.3) is 17.3 Å². The minimum atomic E-state index is -0.718. The molecule has 0 N–H and O–H groups in total. The number of benzene rings is 2. The number of ether oxygens (including phenoxy) is 1. The third kappa shape index (κ3) is 4.68. The maximum Gasteiger partial charge on any atom is 0.280 e. The molecule has 0 saturated carbocycles. The van der Waals surface area contributed by atoms with Crippen molar-refractivity contribution >= 4 is 17.3 Å². The molecule has 152 valence electrons. The van der Waals surface area contributed by atoms with E-state index in [2.05, 4.69) is 6.92 Å². The van der Waals surface area contributed by atoms with Crippen molar-refractivity contribution in [1.29, 1.82) is 0 Å². The molecule has 0 aliphatic carbocycles. The number of piperidine rings is 1. The Bertz CT molecular complexity index is 896. The number of carbonyl (C=O) groups excluding carboxylic acids is 1. The van der Waals surface area contributed by atoms with E-state index in [1.54, 1.807) is 24.3 Å². The average molecular weight is 399 g/mol. The van der Waals surface area contributed by atoms with Crippen molar-refractivity contribution in [3.05, 3.63) is 68.3 Å². The van der Waals surface area contributed by atoms with Crippen LogP contribution in [0.1, 0.15) is 43.0 Å². The van der Waals surface area contributed by atoms with Crippen molar-refractivity contribution < 1.29 is 19.4 Å². The van der Waals surface area contributed by atoms with E-state index in [1.165, 1.54) is 0 Å². The number of hydrogen-bond donors (Lipinski definition) is 0. The van der Waals surface area contributed by atoms with Crippen molar-refractivity contribution in [3.63, 3.8) is 0 Å². The van der Waals surface area contributed by atoms with E-state index in [4.69, 9.17) is 4.74 Å². The number of nitro benzene ring substituents is 2. The highest BCUT2D eigenvalue weighted by molar-refractivity contribution is 5.94. The Morgan fingerprint density at radius 3 is 2.21 bits per heavy atom. The van der Waals surface area contributed by atoms with Gasteiger partial charge in [-0.05, 0) is 49.9 Å². The molecular weight excluding hydrogens is 378 g/mol. The average Bonchev–Trinajstić information content (AvgIpc) is 2.73. The lowest BCUT2D eigenvalue weighted by Gasteiger charge is -2.35. The lowest BCUT2D eigenvalue weighted by Crippen LogP contribution is -2.43. The molecule has 1 fully saturated rings. The summed E-state index contributed by atoms with van der Waals surface area (Å²) in [6.45, 7) is 2.82. The first-order valence-corrected chi connectivity index (χ1v) is 9.41. The fourth-order valence-corrected chi connectivity index (χ4v) is 3.50. The van der Waals surface area contributed by atoms with Gasteiger partial charge < -0.3 is 9.64 Å². The van der Waals surface area contributed by atoms with Crippen LogP contribution in [0.15, 0.2) is 42.5 Å². The van der Waals surface area contributed by atoms with E-state index >= 15 is 0 Å². The summed E-state index contributed by atoms with van der Waals surface area (Å²) >= 11 is 0. The minimum Gasteiger partial charge on any atom is -0.457 e. The molecule has 3 rings (SSSR count). The summed E-state index contributed by atoms with van der Waals surface area (Å²) in [6.07, 6.45) is 4.05. The summed E-state index contributed by atoms with van der Waals surface area (Å²) in [5, 5.41) is 22.0. The Hall–Kier alpha value is -3.49. The molecule has 1 aliphatic heterocycles. The Labute approximate surface area is 167 Å². The summed E-state index contributed by atoms with van der Waals surface area (Å²) in [7, 11) is 0. The summed E-state index contributed by atoms with van der Waals surface area (Å²) in [6, 6.07) is 9.76. The van der Waals surface area contributed by atoms with Crippen LogP contribution in [0.2, 0.25) is 0 Å². The summed E-state index contributed by atoms with van der Waals surface area (Å²) < 4.78 is 5.55. The van der Waals surface area contributed by atoms with E-state index in [0.717, 1.165) is 50.4 Å². The van der Waals surface area contributed by atoms with Crippen molar-refractivity contribution in [2.75, 3.05) is 6.54 Å². The van der Waals surface area contributed by atoms with Gasteiger partial charge in [0.15, 0.2) is 0 Å². The zero-order chi connectivity index (χ0) is 21.0. The zero-order valence-corrected chi connectivity index (χ0v) is 15.9. The highest BCUT2D eigenvalue weighted by Gasteiger charge is 2.26. The largest absolute Gasteiger partial charge is 0.457 e. The van der Waals surface area contributed by atoms with Crippen LogP contribution in [0.3, 0.4) is 0 Å². The van der Waals surface area contributed by atoms with Crippen LogP contribution >= 0.6 is 0 Å². The highest BCUT2D eigenvalue weighted by atomic mass is 16.6. The SMILES string of the molecule is CC[C@H]1CCCCN1C(=O)c1ccc(Oc2cc([N+](=O)[O-])cc([N+](=O)[O-])c2)cc1. The molecule has 2 aromatic carbocycles. The zero-order valence-electron chi connectivity index (χ0n) is 15.9. The lowest BCUT2D eigenvalue weighted by atomic mass is 9.99. The first kappa shape index (κ1) is 20.2. The number of nitrogens with zero attached hydrogens (tertiary/aromatic N) is 3. The van der Waals surface area contributed by atoms with E-state index in [0.29, 0.717) is 11.3 Å². The Balaban J connectivity index is 1.78. The van der Waals surface area contributed by atoms with Crippen LogP contribution < -0.4 is 4.74 Å². The number of amides is 1. The quantitative estimate of drug-likeness (QED) is 0.513. The minimum absolute atomic E-state index is 0.0212. The Morgan fingerprint density at radius 1 is 1.03 bits per heavy atom. The molecule has 1 aliphatic rings. The van der Waals surface area contributed by atoms with Gasteiger partial charge >= 0.3 is 0 Å². The monoisotopic (exact) mass is 399 g/mol. The van der Waals surface area contributed by atoms with E-state index < -0.39 is 21.2 Å². The molecule has 0 spiro atoms. The maximum absolute atomic E-state index is 12.8. The summed E-state index contributed by atoms with van der Waals surface area (Å²) in [5.41, 5.74) is -0.337. The fraction of sp³-hybridized carbons (Fsp3) is 0.350. The Morgan fingerprint density at radius 2 is 1.66 bits per heavy atom. The molecule has 9 nitrogen and oxygen atoms in total. The normalized spacial score (nSPS) is 16.3. The van der Waals surface area contributed by atoms with Crippen LogP contribution in [0, 0.1) is 20.2 Å². The van der Waals surface area contributed by atoms with E-state index in [1.807, 2.05) is 4.90 Å². The first-order valence-electron chi connectivity index (χ1n) is 9.41. The van der Waals surface area contributed by atoms with Gasteiger partial charge in [-0.1, -0.05) is 6.92 Å². The summed E-state index contributed by atoms with van der Waals surface area (Å²) in [4.78, 5) is 35.3. The van der Waals surface area contributed by atoms with Gasteiger partial charge in [0, 0.05) is 18.2 Å². The standard InChI is InChI=1S/C20H21N3O6/c1-2-15-5-3-4-10-21(15)20(24)14-6-8-18(9-7-14)29-19-12-16(22(25)26)11-17(13-19)23(27)28/h6-9,11-13,15H,2-5,10H2,1H3/t15-/m0/s1. The summed E-state index contributed by atoms with van der Waals surface area (Å²) in [5.74, 6) is 0.267. The third-order valence-electron chi connectivity index (χ3n) is 4.99. The smallest absolute Gasteiger partial charge is 0.280 e.